The van der Waals surface area contributed by atoms with Gasteiger partial charge in [-0.2, -0.15) is 5.10 Å². The van der Waals surface area contributed by atoms with Gasteiger partial charge in [-0.1, -0.05) is 35.9 Å². The van der Waals surface area contributed by atoms with E-state index in [2.05, 4.69) is 15.5 Å². The molecule has 0 aliphatic carbocycles. The number of nitrogens with zero attached hydrogens (tertiary/aromatic N) is 2. The van der Waals surface area contributed by atoms with Crippen molar-refractivity contribution in [1.29, 1.82) is 0 Å². The van der Waals surface area contributed by atoms with Crippen molar-refractivity contribution in [2.24, 2.45) is 0 Å². The summed E-state index contributed by atoms with van der Waals surface area (Å²) in [6.45, 7) is 0. The molecule has 26 heavy (non-hydrogen) atoms. The lowest BCUT2D eigenvalue weighted by Crippen LogP contribution is -2.23. The van der Waals surface area contributed by atoms with Crippen LogP contribution in [0.15, 0.2) is 48.5 Å². The molecule has 0 radical (unpaired) electrons. The van der Waals surface area contributed by atoms with E-state index in [1.54, 1.807) is 24.3 Å². The van der Waals surface area contributed by atoms with Gasteiger partial charge >= 0.3 is 0 Å². The Labute approximate surface area is 153 Å². The van der Waals surface area contributed by atoms with Crippen LogP contribution in [0.3, 0.4) is 0 Å². The molecule has 4 rings (SSSR count). The second-order valence-corrected chi connectivity index (χ2v) is 6.46. The van der Waals surface area contributed by atoms with Crippen molar-refractivity contribution >= 4 is 29.0 Å². The highest BCUT2D eigenvalue weighted by atomic mass is 35.5. The van der Waals surface area contributed by atoms with E-state index in [9.17, 15) is 14.9 Å². The lowest BCUT2D eigenvalue weighted by molar-refractivity contribution is -0.384. The van der Waals surface area contributed by atoms with E-state index in [4.69, 9.17) is 11.6 Å². The zero-order valence-corrected chi connectivity index (χ0v) is 14.2. The molecule has 0 spiro atoms. The number of nitro benzene ring substituents is 1. The van der Waals surface area contributed by atoms with E-state index < -0.39 is 4.92 Å². The molecule has 7 nitrogen and oxygen atoms in total. The smallest absolute Gasteiger partial charge is 0.269 e. The summed E-state index contributed by atoms with van der Waals surface area (Å²) < 4.78 is 0. The van der Waals surface area contributed by atoms with Crippen molar-refractivity contribution in [2.75, 3.05) is 5.32 Å². The molecular weight excluding hydrogens is 356 g/mol. The number of amides is 1. The van der Waals surface area contributed by atoms with Crippen molar-refractivity contribution in [2.45, 2.75) is 12.3 Å². The van der Waals surface area contributed by atoms with E-state index in [1.807, 2.05) is 12.1 Å². The monoisotopic (exact) mass is 368 g/mol. The summed E-state index contributed by atoms with van der Waals surface area (Å²) in [6.07, 6.45) is 0.241. The summed E-state index contributed by atoms with van der Waals surface area (Å²) in [6, 6.07) is 13.6. The normalized spacial score (nSPS) is 16.0. The van der Waals surface area contributed by atoms with E-state index in [0.29, 0.717) is 10.8 Å². The average molecular weight is 369 g/mol. The first-order valence-electron chi connectivity index (χ1n) is 7.91. The lowest BCUT2D eigenvalue weighted by Gasteiger charge is -2.23. The molecule has 8 heteroatoms. The number of carbonyl (C=O) groups excluding carboxylic acids is 1. The summed E-state index contributed by atoms with van der Waals surface area (Å²) in [5.41, 5.74) is 3.38. The van der Waals surface area contributed by atoms with Gasteiger partial charge in [0.2, 0.25) is 5.91 Å². The Morgan fingerprint density at radius 2 is 1.81 bits per heavy atom. The number of hydrogen-bond donors (Lipinski definition) is 2. The van der Waals surface area contributed by atoms with E-state index >= 15 is 0 Å². The van der Waals surface area contributed by atoms with Crippen LogP contribution in [0.4, 0.5) is 11.5 Å². The maximum atomic E-state index is 12.1. The highest BCUT2D eigenvalue weighted by molar-refractivity contribution is 6.30. The Balaban J connectivity index is 1.81. The first-order chi connectivity index (χ1) is 12.5. The number of nitro groups is 1. The summed E-state index contributed by atoms with van der Waals surface area (Å²) in [7, 11) is 0. The SMILES string of the molecule is O=C1CC(c2ccc([N+](=O)[O-])cc2)c2c(n[nH]c2-c2ccc(Cl)cc2)N1. The van der Waals surface area contributed by atoms with Crippen molar-refractivity contribution < 1.29 is 9.72 Å². The molecule has 2 N–H and O–H groups in total. The topological polar surface area (TPSA) is 101 Å². The number of hydrogen-bond acceptors (Lipinski definition) is 4. The number of carbonyl (C=O) groups is 1. The van der Waals surface area contributed by atoms with E-state index in [0.717, 1.165) is 22.4 Å². The molecule has 130 valence electrons. The number of aromatic amines is 1. The van der Waals surface area contributed by atoms with Crippen molar-refractivity contribution in [1.82, 2.24) is 10.2 Å². The van der Waals surface area contributed by atoms with Crippen molar-refractivity contribution in [3.8, 4) is 11.3 Å². The Hall–Kier alpha value is -3.19. The van der Waals surface area contributed by atoms with Crippen LogP contribution in [0.2, 0.25) is 5.02 Å². The predicted molar refractivity (Wildman–Crippen MR) is 97.2 cm³/mol. The molecule has 1 aliphatic heterocycles. The van der Waals surface area contributed by atoms with Gasteiger partial charge in [0.05, 0.1) is 10.6 Å². The van der Waals surface area contributed by atoms with Gasteiger partial charge in [0, 0.05) is 40.6 Å². The Morgan fingerprint density at radius 3 is 2.46 bits per heavy atom. The minimum Gasteiger partial charge on any atom is -0.309 e. The summed E-state index contributed by atoms with van der Waals surface area (Å²) >= 11 is 5.96. The third-order valence-electron chi connectivity index (χ3n) is 4.44. The van der Waals surface area contributed by atoms with Crippen LogP contribution in [0, 0.1) is 10.1 Å². The van der Waals surface area contributed by atoms with Crippen LogP contribution >= 0.6 is 11.6 Å². The van der Waals surface area contributed by atoms with Gasteiger partial charge in [-0.3, -0.25) is 20.0 Å². The lowest BCUT2D eigenvalue weighted by atomic mass is 9.84. The van der Waals surface area contributed by atoms with Crippen molar-refractivity contribution in [3.05, 3.63) is 74.8 Å². The average Bonchev–Trinajstić information content (AvgIpc) is 3.05. The number of non-ortho nitro benzene ring substituents is 1. The van der Waals surface area contributed by atoms with Crippen LogP contribution in [0.5, 0.6) is 0 Å². The number of nitrogens with one attached hydrogen (secondary N) is 2. The molecule has 0 saturated heterocycles. The number of fused-ring (bicyclic) bond motifs is 1. The Kier molecular flexibility index (Phi) is 3.93. The van der Waals surface area contributed by atoms with Gasteiger partial charge in [0.25, 0.3) is 5.69 Å². The molecule has 0 bridgehead atoms. The standard InChI is InChI=1S/C18H13ClN4O3/c19-12-5-1-11(2-6-12)17-16-14(9-15(24)20-18(16)22-21-17)10-3-7-13(8-4-10)23(25)26/h1-8,14H,9H2,(H2,20,21,22,24). The van der Waals surface area contributed by atoms with Crippen LogP contribution in [-0.2, 0) is 4.79 Å². The molecule has 1 unspecified atom stereocenters. The number of anilines is 1. The van der Waals surface area contributed by atoms with Crippen LogP contribution in [0.1, 0.15) is 23.5 Å². The van der Waals surface area contributed by atoms with Gasteiger partial charge in [0.15, 0.2) is 5.82 Å². The van der Waals surface area contributed by atoms with Gasteiger partial charge in [0.1, 0.15) is 0 Å². The molecule has 1 aromatic heterocycles. The van der Waals surface area contributed by atoms with Crippen LogP contribution in [-0.4, -0.2) is 21.0 Å². The maximum Gasteiger partial charge on any atom is 0.269 e. The number of rotatable bonds is 3. The first kappa shape index (κ1) is 16.3. The predicted octanol–water partition coefficient (Wildman–Crippen LogP) is 4.11. The molecule has 1 amide bonds. The van der Waals surface area contributed by atoms with Gasteiger partial charge in [-0.05, 0) is 17.7 Å². The number of benzene rings is 2. The van der Waals surface area contributed by atoms with Gasteiger partial charge in [-0.25, -0.2) is 0 Å². The third-order valence-corrected chi connectivity index (χ3v) is 4.69. The molecule has 0 fully saturated rings. The van der Waals surface area contributed by atoms with E-state index in [-0.39, 0.29) is 23.9 Å². The number of halogens is 1. The van der Waals surface area contributed by atoms with Crippen LogP contribution in [0.25, 0.3) is 11.3 Å². The zero-order chi connectivity index (χ0) is 18.3. The van der Waals surface area contributed by atoms with E-state index in [1.165, 1.54) is 12.1 Å². The summed E-state index contributed by atoms with van der Waals surface area (Å²) in [5, 5.41) is 21.5. The molecule has 0 saturated carbocycles. The largest absolute Gasteiger partial charge is 0.309 e. The van der Waals surface area contributed by atoms with Crippen LogP contribution < -0.4 is 5.32 Å². The fourth-order valence-electron chi connectivity index (χ4n) is 3.21. The molecule has 2 heterocycles. The first-order valence-corrected chi connectivity index (χ1v) is 8.29. The minimum absolute atomic E-state index is 0.0133. The molecular formula is C18H13ClN4O3. The maximum absolute atomic E-state index is 12.1. The molecule has 2 aromatic carbocycles. The third kappa shape index (κ3) is 2.82. The van der Waals surface area contributed by atoms with Crippen molar-refractivity contribution in [3.63, 3.8) is 0 Å². The minimum atomic E-state index is -0.445. The fraction of sp³-hybridized carbons (Fsp3) is 0.111. The Bertz CT molecular complexity index is 996. The molecule has 3 aromatic rings. The Morgan fingerprint density at radius 1 is 1.12 bits per heavy atom. The molecule has 1 atom stereocenters. The van der Waals surface area contributed by atoms with Gasteiger partial charge < -0.3 is 5.32 Å². The summed E-state index contributed by atoms with van der Waals surface area (Å²) in [5.74, 6) is 0.0912. The quantitative estimate of drug-likeness (QED) is 0.536. The number of aromatic nitrogens is 2. The second kappa shape index (κ2) is 6.27. The molecule has 1 aliphatic rings. The second-order valence-electron chi connectivity index (χ2n) is 6.02. The number of H-pyrrole nitrogens is 1. The highest BCUT2D eigenvalue weighted by Crippen LogP contribution is 2.42. The zero-order valence-electron chi connectivity index (χ0n) is 13.4. The highest BCUT2D eigenvalue weighted by Gasteiger charge is 2.32. The van der Waals surface area contributed by atoms with Gasteiger partial charge in [-0.15, -0.1) is 0 Å². The summed E-state index contributed by atoms with van der Waals surface area (Å²) in [4.78, 5) is 22.5. The fourth-order valence-corrected chi connectivity index (χ4v) is 3.33.